The fourth-order valence-electron chi connectivity index (χ4n) is 2.66. The summed E-state index contributed by atoms with van der Waals surface area (Å²) in [5, 5.41) is 4.51. The first-order valence-corrected chi connectivity index (χ1v) is 7.81. The first kappa shape index (κ1) is 14.7. The predicted molar refractivity (Wildman–Crippen MR) is 86.1 cm³/mol. The minimum absolute atomic E-state index is 0.0329. The molecular weight excluding hydrogens is 305 g/mol. The van der Waals surface area contributed by atoms with Gasteiger partial charge in [-0.1, -0.05) is 47.5 Å². The minimum Gasteiger partial charge on any atom is -0.487 e. The second-order valence-electron chi connectivity index (χ2n) is 5.12. The number of nitrogens with one attached hydrogen (secondary N) is 1. The third-order valence-corrected chi connectivity index (χ3v) is 4.49. The Morgan fingerprint density at radius 3 is 2.90 bits per heavy atom. The van der Waals surface area contributed by atoms with Crippen LogP contribution in [0.2, 0.25) is 10.0 Å². The van der Waals surface area contributed by atoms with Gasteiger partial charge in [0, 0.05) is 0 Å². The lowest BCUT2D eigenvalue weighted by atomic mass is 9.94. The molecule has 0 amide bonds. The summed E-state index contributed by atoms with van der Waals surface area (Å²) in [7, 11) is 0. The van der Waals surface area contributed by atoms with Crippen molar-refractivity contribution in [1.82, 2.24) is 5.32 Å². The van der Waals surface area contributed by atoms with Gasteiger partial charge >= 0.3 is 0 Å². The van der Waals surface area contributed by atoms with Gasteiger partial charge in [0.1, 0.15) is 16.9 Å². The van der Waals surface area contributed by atoms with Crippen LogP contribution in [0, 0.1) is 6.07 Å². The summed E-state index contributed by atoms with van der Waals surface area (Å²) in [6, 6.07) is 16.7. The summed E-state index contributed by atoms with van der Waals surface area (Å²) in [5.74, 6) is 0.641. The SMILES string of the molecule is Clc1cccc(OC2CCCNC2c2c[c]ccc2)c1Cl. The van der Waals surface area contributed by atoms with Crippen LogP contribution in [-0.4, -0.2) is 12.6 Å². The van der Waals surface area contributed by atoms with Crippen molar-refractivity contribution in [3.8, 4) is 5.75 Å². The topological polar surface area (TPSA) is 21.3 Å². The first-order valence-electron chi connectivity index (χ1n) is 7.06. The molecule has 4 heteroatoms. The molecule has 0 aliphatic carbocycles. The second-order valence-corrected chi connectivity index (χ2v) is 5.90. The van der Waals surface area contributed by atoms with Crippen molar-refractivity contribution < 1.29 is 4.74 Å². The Morgan fingerprint density at radius 2 is 2.10 bits per heavy atom. The third-order valence-electron chi connectivity index (χ3n) is 3.69. The van der Waals surface area contributed by atoms with Crippen LogP contribution in [0.4, 0.5) is 0 Å². The summed E-state index contributed by atoms with van der Waals surface area (Å²) in [5.41, 5.74) is 1.18. The van der Waals surface area contributed by atoms with Gasteiger partial charge in [0.15, 0.2) is 0 Å². The molecule has 1 saturated heterocycles. The molecule has 1 N–H and O–H groups in total. The lowest BCUT2D eigenvalue weighted by molar-refractivity contribution is 0.120. The van der Waals surface area contributed by atoms with E-state index < -0.39 is 0 Å². The molecule has 2 aromatic carbocycles. The zero-order valence-electron chi connectivity index (χ0n) is 11.5. The molecule has 2 unspecified atom stereocenters. The Balaban J connectivity index is 1.83. The number of rotatable bonds is 3. The molecule has 2 nitrogen and oxygen atoms in total. The number of ether oxygens (including phenoxy) is 1. The van der Waals surface area contributed by atoms with E-state index in [2.05, 4.69) is 17.4 Å². The molecule has 0 saturated carbocycles. The highest BCUT2D eigenvalue weighted by molar-refractivity contribution is 6.42. The molecule has 0 spiro atoms. The van der Waals surface area contributed by atoms with Gasteiger partial charge in [0.2, 0.25) is 0 Å². The summed E-state index contributed by atoms with van der Waals surface area (Å²) < 4.78 is 6.14. The van der Waals surface area contributed by atoms with Gasteiger partial charge in [-0.05, 0) is 49.2 Å². The molecule has 1 heterocycles. The molecule has 0 bridgehead atoms. The van der Waals surface area contributed by atoms with E-state index in [1.54, 1.807) is 6.07 Å². The van der Waals surface area contributed by atoms with E-state index in [0.717, 1.165) is 19.4 Å². The molecule has 109 valence electrons. The average Bonchev–Trinajstić information content (AvgIpc) is 2.53. The molecule has 21 heavy (non-hydrogen) atoms. The predicted octanol–water partition coefficient (Wildman–Crippen LogP) is 4.67. The van der Waals surface area contributed by atoms with Crippen LogP contribution in [0.15, 0.2) is 42.5 Å². The van der Waals surface area contributed by atoms with Crippen LogP contribution in [0.3, 0.4) is 0 Å². The van der Waals surface area contributed by atoms with Gasteiger partial charge in [-0.3, -0.25) is 0 Å². The smallest absolute Gasteiger partial charge is 0.139 e. The fraction of sp³-hybridized carbons (Fsp3) is 0.294. The van der Waals surface area contributed by atoms with E-state index in [1.165, 1.54) is 5.56 Å². The number of hydrogen-bond acceptors (Lipinski definition) is 2. The monoisotopic (exact) mass is 320 g/mol. The molecule has 2 atom stereocenters. The lowest BCUT2D eigenvalue weighted by Gasteiger charge is -2.33. The average molecular weight is 321 g/mol. The minimum atomic E-state index is 0.0329. The molecule has 3 rings (SSSR count). The molecular formula is C17H16Cl2NO. The van der Waals surface area contributed by atoms with Crippen molar-refractivity contribution in [2.24, 2.45) is 0 Å². The van der Waals surface area contributed by atoms with Crippen LogP contribution < -0.4 is 10.1 Å². The van der Waals surface area contributed by atoms with Gasteiger partial charge in [-0.2, -0.15) is 0 Å². The number of benzene rings is 2. The molecule has 0 aromatic heterocycles. The van der Waals surface area contributed by atoms with Gasteiger partial charge in [-0.25, -0.2) is 0 Å². The highest BCUT2D eigenvalue weighted by atomic mass is 35.5. The molecule has 2 aromatic rings. The van der Waals surface area contributed by atoms with Crippen LogP contribution in [0.1, 0.15) is 24.4 Å². The molecule has 1 aliphatic rings. The number of hydrogen-bond donors (Lipinski definition) is 1. The highest BCUT2D eigenvalue weighted by Gasteiger charge is 2.28. The Labute approximate surface area is 135 Å². The number of piperidine rings is 1. The maximum atomic E-state index is 6.22. The van der Waals surface area contributed by atoms with Crippen molar-refractivity contribution in [1.29, 1.82) is 0 Å². The Kier molecular flexibility index (Phi) is 4.69. The maximum Gasteiger partial charge on any atom is 0.139 e. The number of halogens is 2. The lowest BCUT2D eigenvalue weighted by Crippen LogP contribution is -2.41. The van der Waals surface area contributed by atoms with Crippen molar-refractivity contribution in [2.45, 2.75) is 25.0 Å². The van der Waals surface area contributed by atoms with Crippen LogP contribution in [0.5, 0.6) is 5.75 Å². The third kappa shape index (κ3) is 3.34. The van der Waals surface area contributed by atoms with Gasteiger partial charge in [-0.15, -0.1) is 0 Å². The summed E-state index contributed by atoms with van der Waals surface area (Å²) >= 11 is 12.3. The largest absolute Gasteiger partial charge is 0.487 e. The zero-order valence-corrected chi connectivity index (χ0v) is 13.0. The molecule has 1 fully saturated rings. The Morgan fingerprint density at radius 1 is 1.19 bits per heavy atom. The Bertz CT molecular complexity index is 603. The first-order chi connectivity index (χ1) is 10.3. The normalized spacial score (nSPS) is 22.0. The van der Waals surface area contributed by atoms with Crippen molar-refractivity contribution >= 4 is 23.2 Å². The standard InChI is InChI=1S/C17H16Cl2NO/c18-13-8-4-9-14(16(13)19)21-15-10-5-11-20-17(15)12-6-2-1-3-7-12/h1-2,4,6-9,15,17,20H,5,10-11H2. The van der Waals surface area contributed by atoms with E-state index >= 15 is 0 Å². The fourth-order valence-corrected chi connectivity index (χ4v) is 2.99. The van der Waals surface area contributed by atoms with Crippen molar-refractivity contribution in [3.05, 3.63) is 64.1 Å². The van der Waals surface area contributed by atoms with Gasteiger partial charge in [0.05, 0.1) is 11.1 Å². The highest BCUT2D eigenvalue weighted by Crippen LogP contribution is 2.35. The van der Waals surface area contributed by atoms with E-state index in [0.29, 0.717) is 15.8 Å². The quantitative estimate of drug-likeness (QED) is 0.887. The van der Waals surface area contributed by atoms with Crippen LogP contribution >= 0.6 is 23.2 Å². The second kappa shape index (κ2) is 6.69. The summed E-state index contributed by atoms with van der Waals surface area (Å²) in [6.07, 6.45) is 2.09. The zero-order chi connectivity index (χ0) is 14.7. The van der Waals surface area contributed by atoms with Crippen LogP contribution in [-0.2, 0) is 0 Å². The Hall–Kier alpha value is -1.22. The summed E-state index contributed by atoms with van der Waals surface area (Å²) in [4.78, 5) is 0. The van der Waals surface area contributed by atoms with Crippen molar-refractivity contribution in [3.63, 3.8) is 0 Å². The van der Waals surface area contributed by atoms with Crippen molar-refractivity contribution in [2.75, 3.05) is 6.54 Å². The van der Waals surface area contributed by atoms with E-state index in [4.69, 9.17) is 27.9 Å². The maximum absolute atomic E-state index is 6.22. The molecule has 1 radical (unpaired) electrons. The van der Waals surface area contributed by atoms with Gasteiger partial charge in [0.25, 0.3) is 0 Å². The summed E-state index contributed by atoms with van der Waals surface area (Å²) in [6.45, 7) is 0.989. The van der Waals surface area contributed by atoms with Crippen LogP contribution in [0.25, 0.3) is 0 Å². The van der Waals surface area contributed by atoms with E-state index in [9.17, 15) is 0 Å². The van der Waals surface area contributed by atoms with Gasteiger partial charge < -0.3 is 10.1 Å². The molecule has 1 aliphatic heterocycles. The van der Waals surface area contributed by atoms with E-state index in [1.807, 2.05) is 30.3 Å². The van der Waals surface area contributed by atoms with E-state index in [-0.39, 0.29) is 12.1 Å².